The van der Waals surface area contributed by atoms with Gasteiger partial charge >= 0.3 is 0 Å². The molecule has 0 bridgehead atoms. The van der Waals surface area contributed by atoms with Crippen LogP contribution in [0.25, 0.3) is 0 Å². The lowest BCUT2D eigenvalue weighted by Crippen LogP contribution is -2.32. The number of hydrogen-bond acceptors (Lipinski definition) is 5. The molecule has 1 aliphatic rings. The van der Waals surface area contributed by atoms with Crippen molar-refractivity contribution in [2.75, 3.05) is 18.7 Å². The van der Waals surface area contributed by atoms with Gasteiger partial charge < -0.3 is 14.8 Å². The third-order valence-corrected chi connectivity index (χ3v) is 4.98. The summed E-state index contributed by atoms with van der Waals surface area (Å²) in [7, 11) is -3.83. The van der Waals surface area contributed by atoms with Crippen LogP contribution in [0.2, 0.25) is 0 Å². The Bertz CT molecular complexity index is 904. The fraction of sp³-hybridized carbons (Fsp3) is 0.235. The number of nitrogens with one attached hydrogen (secondary N) is 2. The van der Waals surface area contributed by atoms with Gasteiger partial charge in [0.1, 0.15) is 0 Å². The summed E-state index contributed by atoms with van der Waals surface area (Å²) in [5.74, 6) is 0.406. The molecule has 132 valence electrons. The van der Waals surface area contributed by atoms with Crippen LogP contribution in [0.4, 0.5) is 5.69 Å². The number of amides is 1. The Morgan fingerprint density at radius 2 is 1.72 bits per heavy atom. The average molecular weight is 362 g/mol. The van der Waals surface area contributed by atoms with Gasteiger partial charge in [-0.25, -0.2) is 13.1 Å². The Kier molecular flexibility index (Phi) is 4.65. The van der Waals surface area contributed by atoms with Gasteiger partial charge in [0.05, 0.1) is 11.4 Å². The van der Waals surface area contributed by atoms with Gasteiger partial charge in [-0.2, -0.15) is 0 Å². The van der Waals surface area contributed by atoms with Gasteiger partial charge in [0, 0.05) is 11.8 Å². The van der Waals surface area contributed by atoms with Crippen molar-refractivity contribution in [2.45, 2.75) is 18.7 Å². The maximum atomic E-state index is 12.3. The highest BCUT2D eigenvalue weighted by molar-refractivity contribution is 7.89. The summed E-state index contributed by atoms with van der Waals surface area (Å²) < 4.78 is 37.2. The molecular formula is C17H18N2O5S. The maximum Gasteiger partial charge on any atom is 0.241 e. The molecule has 2 aromatic rings. The van der Waals surface area contributed by atoms with Crippen LogP contribution >= 0.6 is 0 Å². The van der Waals surface area contributed by atoms with Crippen molar-refractivity contribution in [3.8, 4) is 11.5 Å². The van der Waals surface area contributed by atoms with Crippen LogP contribution in [-0.2, 0) is 14.8 Å². The second-order valence-electron chi connectivity index (χ2n) is 5.76. The molecule has 1 amide bonds. The maximum absolute atomic E-state index is 12.3. The highest BCUT2D eigenvalue weighted by atomic mass is 32.2. The minimum atomic E-state index is -3.83. The van der Waals surface area contributed by atoms with Crippen molar-refractivity contribution >= 4 is 21.6 Å². The molecule has 0 saturated carbocycles. The van der Waals surface area contributed by atoms with Crippen molar-refractivity contribution in [3.05, 3.63) is 47.5 Å². The first kappa shape index (κ1) is 17.2. The largest absolute Gasteiger partial charge is 0.454 e. The number of rotatable bonds is 5. The van der Waals surface area contributed by atoms with Crippen molar-refractivity contribution < 1.29 is 22.7 Å². The lowest BCUT2D eigenvalue weighted by Gasteiger charge is -2.09. The Balaban J connectivity index is 1.64. The number of anilines is 1. The summed E-state index contributed by atoms with van der Waals surface area (Å²) >= 11 is 0. The number of carbonyl (C=O) groups is 1. The lowest BCUT2D eigenvalue weighted by atomic mass is 10.1. The monoisotopic (exact) mass is 362 g/mol. The van der Waals surface area contributed by atoms with E-state index in [4.69, 9.17) is 9.47 Å². The summed E-state index contributed by atoms with van der Waals surface area (Å²) in [6, 6.07) is 9.91. The third-order valence-electron chi connectivity index (χ3n) is 3.58. The first-order valence-electron chi connectivity index (χ1n) is 7.61. The van der Waals surface area contributed by atoms with E-state index in [-0.39, 0.29) is 18.2 Å². The average Bonchev–Trinajstić information content (AvgIpc) is 2.99. The number of sulfonamides is 1. The van der Waals surface area contributed by atoms with Crippen LogP contribution in [0, 0.1) is 13.8 Å². The van der Waals surface area contributed by atoms with Crippen LogP contribution in [0.1, 0.15) is 11.1 Å². The molecule has 1 heterocycles. The lowest BCUT2D eigenvalue weighted by molar-refractivity contribution is -0.115. The molecule has 0 atom stereocenters. The number of hydrogen-bond donors (Lipinski definition) is 2. The molecule has 0 saturated heterocycles. The van der Waals surface area contributed by atoms with E-state index in [1.807, 2.05) is 32.0 Å². The van der Waals surface area contributed by atoms with Crippen LogP contribution in [-0.4, -0.2) is 27.7 Å². The molecule has 0 aromatic heterocycles. The summed E-state index contributed by atoms with van der Waals surface area (Å²) in [6.07, 6.45) is 0. The SMILES string of the molecule is Cc1cc(C)cc(NC(=O)CNS(=O)(=O)c2ccc3c(c2)OCO3)c1. The van der Waals surface area contributed by atoms with E-state index >= 15 is 0 Å². The molecular weight excluding hydrogens is 344 g/mol. The summed E-state index contributed by atoms with van der Waals surface area (Å²) in [4.78, 5) is 12.0. The quantitative estimate of drug-likeness (QED) is 0.848. The Hall–Kier alpha value is -2.58. The fourth-order valence-electron chi connectivity index (χ4n) is 2.54. The van der Waals surface area contributed by atoms with Crippen molar-refractivity contribution in [1.82, 2.24) is 4.72 Å². The Morgan fingerprint density at radius 3 is 2.44 bits per heavy atom. The zero-order chi connectivity index (χ0) is 18.0. The number of carbonyl (C=O) groups excluding carboxylic acids is 1. The zero-order valence-electron chi connectivity index (χ0n) is 13.8. The minimum Gasteiger partial charge on any atom is -0.454 e. The van der Waals surface area contributed by atoms with E-state index in [0.717, 1.165) is 11.1 Å². The molecule has 0 fully saturated rings. The zero-order valence-corrected chi connectivity index (χ0v) is 14.6. The van der Waals surface area contributed by atoms with Crippen molar-refractivity contribution in [1.29, 1.82) is 0 Å². The van der Waals surface area contributed by atoms with Gasteiger partial charge in [-0.1, -0.05) is 6.07 Å². The first-order valence-corrected chi connectivity index (χ1v) is 9.09. The van der Waals surface area contributed by atoms with E-state index < -0.39 is 15.9 Å². The van der Waals surface area contributed by atoms with Crippen molar-refractivity contribution in [2.24, 2.45) is 0 Å². The van der Waals surface area contributed by atoms with Gasteiger partial charge in [-0.3, -0.25) is 4.79 Å². The predicted octanol–water partition coefficient (Wildman–Crippen LogP) is 1.95. The molecule has 0 aliphatic carbocycles. The second kappa shape index (κ2) is 6.73. The van der Waals surface area contributed by atoms with Gasteiger partial charge in [0.25, 0.3) is 0 Å². The summed E-state index contributed by atoms with van der Waals surface area (Å²) in [5, 5.41) is 2.68. The molecule has 3 rings (SSSR count). The molecule has 1 aliphatic heterocycles. The topological polar surface area (TPSA) is 93.7 Å². The standard InChI is InChI=1S/C17H18N2O5S/c1-11-5-12(2)7-13(6-11)19-17(20)9-18-25(21,22)14-3-4-15-16(8-14)24-10-23-15/h3-8,18H,9-10H2,1-2H3,(H,19,20). The van der Waals surface area contributed by atoms with E-state index in [2.05, 4.69) is 10.0 Å². The van der Waals surface area contributed by atoms with Crippen LogP contribution in [0.3, 0.4) is 0 Å². The number of ether oxygens (including phenoxy) is 2. The van der Waals surface area contributed by atoms with Crippen molar-refractivity contribution in [3.63, 3.8) is 0 Å². The fourth-order valence-corrected chi connectivity index (χ4v) is 3.54. The molecule has 7 nitrogen and oxygen atoms in total. The molecule has 2 aromatic carbocycles. The van der Waals surface area contributed by atoms with Gasteiger partial charge in [0.2, 0.25) is 22.7 Å². The molecule has 0 spiro atoms. The van der Waals surface area contributed by atoms with E-state index in [1.165, 1.54) is 18.2 Å². The highest BCUT2D eigenvalue weighted by Crippen LogP contribution is 2.33. The van der Waals surface area contributed by atoms with Crippen LogP contribution in [0.5, 0.6) is 11.5 Å². The second-order valence-corrected chi connectivity index (χ2v) is 7.53. The highest BCUT2D eigenvalue weighted by Gasteiger charge is 2.20. The predicted molar refractivity (Wildman–Crippen MR) is 92.3 cm³/mol. The molecule has 8 heteroatoms. The van der Waals surface area contributed by atoms with Gasteiger partial charge in [-0.05, 0) is 49.2 Å². The molecule has 2 N–H and O–H groups in total. The summed E-state index contributed by atoms with van der Waals surface area (Å²) in [6.45, 7) is 3.53. The summed E-state index contributed by atoms with van der Waals surface area (Å²) in [5.41, 5.74) is 2.65. The first-order chi connectivity index (χ1) is 11.8. The third kappa shape index (κ3) is 4.09. The number of aryl methyl sites for hydroxylation is 2. The van der Waals surface area contributed by atoms with E-state index in [1.54, 1.807) is 0 Å². The number of benzene rings is 2. The van der Waals surface area contributed by atoms with Gasteiger partial charge in [0.15, 0.2) is 11.5 Å². The normalized spacial score (nSPS) is 12.9. The van der Waals surface area contributed by atoms with Crippen LogP contribution < -0.4 is 19.5 Å². The van der Waals surface area contributed by atoms with E-state index in [0.29, 0.717) is 17.2 Å². The van der Waals surface area contributed by atoms with Crippen LogP contribution in [0.15, 0.2) is 41.3 Å². The van der Waals surface area contributed by atoms with Gasteiger partial charge in [-0.15, -0.1) is 0 Å². The molecule has 0 radical (unpaired) electrons. The smallest absolute Gasteiger partial charge is 0.241 e. The Labute approximate surface area is 146 Å². The molecule has 25 heavy (non-hydrogen) atoms. The van der Waals surface area contributed by atoms with E-state index in [9.17, 15) is 13.2 Å². The molecule has 0 unspecified atom stereocenters. The Morgan fingerprint density at radius 1 is 1.04 bits per heavy atom. The number of fused-ring (bicyclic) bond motifs is 1. The minimum absolute atomic E-state index is 0.0101.